The summed E-state index contributed by atoms with van der Waals surface area (Å²) < 4.78 is 4.49. The first-order valence-corrected chi connectivity index (χ1v) is 3.22. The molecule has 0 atom stereocenters. The molecule has 0 spiro atoms. The van der Waals surface area contributed by atoms with Gasteiger partial charge in [0.25, 0.3) is 11.1 Å². The van der Waals surface area contributed by atoms with Gasteiger partial charge in [-0.1, -0.05) is 0 Å². The van der Waals surface area contributed by atoms with Gasteiger partial charge in [-0.3, -0.25) is 9.59 Å². The molecule has 0 bridgehead atoms. The van der Waals surface area contributed by atoms with Gasteiger partial charge in [0.2, 0.25) is 0 Å². The van der Waals surface area contributed by atoms with Crippen LogP contribution in [0, 0.1) is 0 Å². The van der Waals surface area contributed by atoms with Crippen molar-refractivity contribution in [3.8, 4) is 0 Å². The van der Waals surface area contributed by atoms with Gasteiger partial charge in [-0.2, -0.15) is 0 Å². The highest BCUT2D eigenvalue weighted by Gasteiger charge is 2.13. The molecule has 0 saturated carbocycles. The van der Waals surface area contributed by atoms with Gasteiger partial charge in [-0.05, 0) is 23.2 Å². The second-order valence-corrected chi connectivity index (χ2v) is 2.27. The van der Waals surface area contributed by atoms with E-state index in [4.69, 9.17) is 23.2 Å². The Bertz CT molecular complexity index is 278. The van der Waals surface area contributed by atoms with Crippen molar-refractivity contribution in [2.24, 2.45) is 0 Å². The number of oxazole rings is 1. The van der Waals surface area contributed by atoms with Crippen molar-refractivity contribution in [3.05, 3.63) is 17.8 Å². The van der Waals surface area contributed by atoms with E-state index in [9.17, 15) is 9.59 Å². The van der Waals surface area contributed by atoms with E-state index >= 15 is 0 Å². The predicted octanol–water partition coefficient (Wildman–Crippen LogP) is 1.43. The maximum absolute atomic E-state index is 10.4. The summed E-state index contributed by atoms with van der Waals surface area (Å²) in [6.45, 7) is 0. The molecular formula is C5HCl2NO3. The molecule has 1 aromatic rings. The Morgan fingerprint density at radius 2 is 2.00 bits per heavy atom. The quantitative estimate of drug-likeness (QED) is 0.668. The van der Waals surface area contributed by atoms with Crippen molar-refractivity contribution in [2.45, 2.75) is 0 Å². The molecule has 4 nitrogen and oxygen atoms in total. The first-order chi connectivity index (χ1) is 5.11. The summed E-state index contributed by atoms with van der Waals surface area (Å²) in [6.07, 6.45) is 0.963. The lowest BCUT2D eigenvalue weighted by Gasteiger charge is -1.77. The third-order valence-corrected chi connectivity index (χ3v) is 1.23. The van der Waals surface area contributed by atoms with E-state index in [0.717, 1.165) is 6.26 Å². The predicted molar refractivity (Wildman–Crippen MR) is 36.9 cm³/mol. The highest BCUT2D eigenvalue weighted by molar-refractivity contribution is 6.68. The summed E-state index contributed by atoms with van der Waals surface area (Å²) in [5.74, 6) is -0.337. The second kappa shape index (κ2) is 3.02. The fourth-order valence-electron chi connectivity index (χ4n) is 0.454. The molecule has 0 N–H and O–H groups in total. The van der Waals surface area contributed by atoms with Gasteiger partial charge in [-0.15, -0.1) is 0 Å². The lowest BCUT2D eigenvalue weighted by Crippen LogP contribution is -1.92. The largest absolute Gasteiger partial charge is 0.441 e. The SMILES string of the molecule is O=C(Cl)c1coc(C(=O)Cl)n1. The zero-order chi connectivity index (χ0) is 8.43. The van der Waals surface area contributed by atoms with Crippen molar-refractivity contribution >= 4 is 33.7 Å². The fraction of sp³-hybridized carbons (Fsp3) is 0. The van der Waals surface area contributed by atoms with Gasteiger partial charge in [0, 0.05) is 0 Å². The summed E-state index contributed by atoms with van der Waals surface area (Å²) >= 11 is 9.98. The Balaban J connectivity index is 2.99. The third-order valence-electron chi connectivity index (χ3n) is 0.874. The highest BCUT2D eigenvalue weighted by atomic mass is 35.5. The summed E-state index contributed by atoms with van der Waals surface area (Å²) in [6, 6.07) is 0. The number of rotatable bonds is 2. The van der Waals surface area contributed by atoms with E-state index in [1.807, 2.05) is 0 Å². The van der Waals surface area contributed by atoms with Crippen molar-refractivity contribution in [1.82, 2.24) is 4.98 Å². The summed E-state index contributed by atoms with van der Waals surface area (Å²) in [5.41, 5.74) is -0.129. The molecule has 0 aliphatic carbocycles. The molecule has 6 heteroatoms. The number of halogens is 2. The van der Waals surface area contributed by atoms with Gasteiger partial charge < -0.3 is 4.42 Å². The average molecular weight is 194 g/mol. The summed E-state index contributed by atoms with van der Waals surface area (Å²) in [7, 11) is 0. The maximum Gasteiger partial charge on any atom is 0.307 e. The number of hydrogen-bond donors (Lipinski definition) is 0. The minimum absolute atomic E-state index is 0.129. The van der Waals surface area contributed by atoms with Crippen LogP contribution in [0.1, 0.15) is 21.2 Å². The summed E-state index contributed by atoms with van der Waals surface area (Å²) in [5, 5.41) is -1.66. The molecule has 58 valence electrons. The van der Waals surface area contributed by atoms with Crippen LogP contribution in [0.2, 0.25) is 0 Å². The monoisotopic (exact) mass is 193 g/mol. The van der Waals surface area contributed by atoms with Crippen molar-refractivity contribution in [1.29, 1.82) is 0 Å². The highest BCUT2D eigenvalue weighted by Crippen LogP contribution is 2.06. The van der Waals surface area contributed by atoms with Crippen LogP contribution in [0.5, 0.6) is 0 Å². The van der Waals surface area contributed by atoms with Crippen molar-refractivity contribution < 1.29 is 14.0 Å². The first kappa shape index (κ1) is 8.23. The third kappa shape index (κ3) is 1.78. The lowest BCUT2D eigenvalue weighted by molar-refractivity contribution is 0.105. The number of carbonyl (C=O) groups is 2. The molecule has 0 radical (unpaired) electrons. The van der Waals surface area contributed by atoms with Crippen LogP contribution < -0.4 is 0 Å². The summed E-state index contributed by atoms with van der Waals surface area (Å²) in [4.78, 5) is 24.1. The molecule has 1 aromatic heterocycles. The molecule has 0 unspecified atom stereocenters. The Morgan fingerprint density at radius 3 is 2.27 bits per heavy atom. The Labute approximate surface area is 71.1 Å². The zero-order valence-electron chi connectivity index (χ0n) is 5.01. The van der Waals surface area contributed by atoms with Crippen LogP contribution in [0.25, 0.3) is 0 Å². The van der Waals surface area contributed by atoms with Crippen LogP contribution in [-0.4, -0.2) is 15.5 Å². The van der Waals surface area contributed by atoms with E-state index in [2.05, 4.69) is 9.40 Å². The molecule has 1 rings (SSSR count). The van der Waals surface area contributed by atoms with E-state index < -0.39 is 10.5 Å². The van der Waals surface area contributed by atoms with Crippen LogP contribution in [0.4, 0.5) is 0 Å². The van der Waals surface area contributed by atoms with Crippen LogP contribution >= 0.6 is 23.2 Å². The van der Waals surface area contributed by atoms with Crippen LogP contribution in [0.15, 0.2) is 10.7 Å². The molecule has 11 heavy (non-hydrogen) atoms. The fourth-order valence-corrected chi connectivity index (χ4v) is 0.628. The van der Waals surface area contributed by atoms with E-state index in [-0.39, 0.29) is 11.6 Å². The minimum Gasteiger partial charge on any atom is -0.441 e. The normalized spacial score (nSPS) is 9.64. The maximum atomic E-state index is 10.4. The van der Waals surface area contributed by atoms with Crippen LogP contribution in [-0.2, 0) is 0 Å². The molecule has 0 aromatic carbocycles. The smallest absolute Gasteiger partial charge is 0.307 e. The van der Waals surface area contributed by atoms with E-state index in [0.29, 0.717) is 0 Å². The zero-order valence-corrected chi connectivity index (χ0v) is 6.52. The van der Waals surface area contributed by atoms with Gasteiger partial charge in [-0.25, -0.2) is 4.98 Å². The first-order valence-electron chi connectivity index (χ1n) is 2.46. The Hall–Kier alpha value is -0.870. The molecule has 0 aliphatic rings. The number of carbonyl (C=O) groups excluding carboxylic acids is 2. The van der Waals surface area contributed by atoms with Gasteiger partial charge >= 0.3 is 5.24 Å². The van der Waals surface area contributed by atoms with Gasteiger partial charge in [0.1, 0.15) is 6.26 Å². The van der Waals surface area contributed by atoms with Crippen LogP contribution in [0.3, 0.4) is 0 Å². The van der Waals surface area contributed by atoms with Gasteiger partial charge in [0.05, 0.1) is 0 Å². The van der Waals surface area contributed by atoms with E-state index in [1.54, 1.807) is 0 Å². The Morgan fingerprint density at radius 1 is 1.36 bits per heavy atom. The van der Waals surface area contributed by atoms with Crippen molar-refractivity contribution in [3.63, 3.8) is 0 Å². The van der Waals surface area contributed by atoms with Gasteiger partial charge in [0.15, 0.2) is 5.69 Å². The minimum atomic E-state index is -0.867. The molecule has 0 saturated heterocycles. The molecule has 1 heterocycles. The Kier molecular flexibility index (Phi) is 2.26. The molecule has 0 aliphatic heterocycles. The molecular weight excluding hydrogens is 193 g/mol. The standard InChI is InChI=1S/C5HCl2NO3/c6-3(9)2-1-11-5(8-2)4(7)10/h1H. The lowest BCUT2D eigenvalue weighted by atomic mass is 10.5. The topological polar surface area (TPSA) is 60.2 Å². The number of nitrogens with zero attached hydrogens (tertiary/aromatic N) is 1. The second-order valence-electron chi connectivity index (χ2n) is 1.59. The molecule has 0 amide bonds. The number of hydrogen-bond acceptors (Lipinski definition) is 4. The number of aromatic nitrogens is 1. The molecule has 0 fully saturated rings. The van der Waals surface area contributed by atoms with Crippen molar-refractivity contribution in [2.75, 3.05) is 0 Å². The average Bonchev–Trinajstić information content (AvgIpc) is 2.33. The van der Waals surface area contributed by atoms with E-state index in [1.165, 1.54) is 0 Å².